The Kier molecular flexibility index (Phi) is 6.27. The third-order valence-electron chi connectivity index (χ3n) is 5.72. The molecule has 8 heteroatoms. The zero-order chi connectivity index (χ0) is 23.5. The minimum atomic E-state index is -0.481. The standard InChI is InChI=1S/C26H21ClFN3O3/c27-22-12-18(6-11-23(22)28)14-31-15-20(13-24(31)32)26-29-25(30-34-26)19-7-9-21(10-8-19)33-16-17-4-2-1-3-5-17/h1-12,20H,13-16H2. The molecule has 0 N–H and O–H groups in total. The van der Waals surface area contributed by atoms with Crippen molar-refractivity contribution in [1.29, 1.82) is 0 Å². The van der Waals surface area contributed by atoms with Crippen molar-refractivity contribution in [2.45, 2.75) is 25.5 Å². The molecule has 1 fully saturated rings. The van der Waals surface area contributed by atoms with Crippen molar-refractivity contribution >= 4 is 17.5 Å². The van der Waals surface area contributed by atoms with Crippen LogP contribution in [-0.2, 0) is 17.9 Å². The van der Waals surface area contributed by atoms with E-state index in [9.17, 15) is 9.18 Å². The van der Waals surface area contributed by atoms with Crippen LogP contribution in [0, 0.1) is 5.82 Å². The topological polar surface area (TPSA) is 68.5 Å². The number of hydrogen-bond donors (Lipinski definition) is 0. The van der Waals surface area contributed by atoms with Gasteiger partial charge < -0.3 is 14.2 Å². The lowest BCUT2D eigenvalue weighted by Crippen LogP contribution is -2.24. The van der Waals surface area contributed by atoms with Gasteiger partial charge in [0.05, 0.1) is 10.9 Å². The minimum absolute atomic E-state index is 0.0230. The van der Waals surface area contributed by atoms with Gasteiger partial charge in [0, 0.05) is 25.1 Å². The van der Waals surface area contributed by atoms with Gasteiger partial charge in [0.2, 0.25) is 17.6 Å². The minimum Gasteiger partial charge on any atom is -0.489 e. The van der Waals surface area contributed by atoms with Crippen LogP contribution in [0.3, 0.4) is 0 Å². The van der Waals surface area contributed by atoms with Gasteiger partial charge in [-0.3, -0.25) is 4.79 Å². The fourth-order valence-corrected chi connectivity index (χ4v) is 4.11. The molecule has 1 aromatic heterocycles. The zero-order valence-electron chi connectivity index (χ0n) is 18.2. The van der Waals surface area contributed by atoms with Gasteiger partial charge in [0.25, 0.3) is 0 Å². The number of aromatic nitrogens is 2. The Morgan fingerprint density at radius 1 is 1.06 bits per heavy atom. The van der Waals surface area contributed by atoms with Crippen molar-refractivity contribution in [3.8, 4) is 17.1 Å². The Morgan fingerprint density at radius 3 is 2.62 bits per heavy atom. The number of carbonyl (C=O) groups is 1. The van der Waals surface area contributed by atoms with E-state index in [0.29, 0.717) is 31.4 Å². The summed E-state index contributed by atoms with van der Waals surface area (Å²) in [4.78, 5) is 18.7. The van der Waals surface area contributed by atoms with E-state index in [2.05, 4.69) is 10.1 Å². The summed E-state index contributed by atoms with van der Waals surface area (Å²) in [5.74, 6) is 0.927. The fraction of sp³-hybridized carbons (Fsp3) is 0.192. The number of carbonyl (C=O) groups excluding carboxylic acids is 1. The Hall–Kier alpha value is -3.71. The Bertz CT molecular complexity index is 1290. The highest BCUT2D eigenvalue weighted by atomic mass is 35.5. The largest absolute Gasteiger partial charge is 0.489 e. The molecule has 1 amide bonds. The second-order valence-electron chi connectivity index (χ2n) is 8.18. The smallest absolute Gasteiger partial charge is 0.232 e. The lowest BCUT2D eigenvalue weighted by Gasteiger charge is -2.16. The number of rotatable bonds is 7. The molecule has 1 saturated heterocycles. The number of ether oxygens (including phenoxy) is 1. The number of hydrogen-bond acceptors (Lipinski definition) is 5. The molecule has 3 aromatic carbocycles. The average molecular weight is 478 g/mol. The molecule has 1 unspecified atom stereocenters. The van der Waals surface area contributed by atoms with E-state index in [1.165, 1.54) is 12.1 Å². The maximum atomic E-state index is 13.4. The third-order valence-corrected chi connectivity index (χ3v) is 6.01. The van der Waals surface area contributed by atoms with Crippen LogP contribution in [0.1, 0.15) is 29.4 Å². The molecule has 1 atom stereocenters. The van der Waals surface area contributed by atoms with Crippen LogP contribution in [0.4, 0.5) is 4.39 Å². The van der Waals surface area contributed by atoms with Crippen molar-refractivity contribution in [3.63, 3.8) is 0 Å². The van der Waals surface area contributed by atoms with Gasteiger partial charge in [-0.05, 0) is 47.5 Å². The zero-order valence-corrected chi connectivity index (χ0v) is 18.9. The van der Waals surface area contributed by atoms with E-state index < -0.39 is 5.82 Å². The number of amides is 1. The lowest BCUT2D eigenvalue weighted by atomic mass is 10.1. The van der Waals surface area contributed by atoms with Crippen LogP contribution in [0.2, 0.25) is 5.02 Å². The van der Waals surface area contributed by atoms with Crippen molar-refractivity contribution in [2.75, 3.05) is 6.54 Å². The highest BCUT2D eigenvalue weighted by Gasteiger charge is 2.34. The summed E-state index contributed by atoms with van der Waals surface area (Å²) >= 11 is 5.86. The predicted molar refractivity (Wildman–Crippen MR) is 125 cm³/mol. The van der Waals surface area contributed by atoms with Gasteiger partial charge in [-0.25, -0.2) is 4.39 Å². The van der Waals surface area contributed by atoms with E-state index in [0.717, 1.165) is 22.4 Å². The monoisotopic (exact) mass is 477 g/mol. The van der Waals surface area contributed by atoms with E-state index in [1.807, 2.05) is 54.6 Å². The summed E-state index contributed by atoms with van der Waals surface area (Å²) in [7, 11) is 0. The summed E-state index contributed by atoms with van der Waals surface area (Å²) in [6.45, 7) is 1.28. The van der Waals surface area contributed by atoms with Crippen molar-refractivity contribution < 1.29 is 18.4 Å². The molecule has 6 nitrogen and oxygen atoms in total. The molecule has 2 heterocycles. The molecule has 172 valence electrons. The fourth-order valence-electron chi connectivity index (χ4n) is 3.91. The van der Waals surface area contributed by atoms with E-state index in [1.54, 1.807) is 11.0 Å². The van der Waals surface area contributed by atoms with Crippen molar-refractivity contribution in [3.05, 3.63) is 101 Å². The van der Waals surface area contributed by atoms with Crippen LogP contribution >= 0.6 is 11.6 Å². The number of benzene rings is 3. The first-order valence-electron chi connectivity index (χ1n) is 10.9. The molecule has 5 rings (SSSR count). The average Bonchev–Trinajstić information content (AvgIpc) is 3.48. The van der Waals surface area contributed by atoms with Crippen LogP contribution in [0.5, 0.6) is 5.75 Å². The summed E-state index contributed by atoms with van der Waals surface area (Å²) in [5, 5.41) is 4.13. The van der Waals surface area contributed by atoms with Crippen LogP contribution in [0.15, 0.2) is 77.3 Å². The van der Waals surface area contributed by atoms with E-state index in [4.69, 9.17) is 20.9 Å². The summed E-state index contributed by atoms with van der Waals surface area (Å²) < 4.78 is 24.7. The lowest BCUT2D eigenvalue weighted by molar-refractivity contribution is -0.128. The SMILES string of the molecule is O=C1CC(c2nc(-c3ccc(OCc4ccccc4)cc3)no2)CN1Cc1ccc(F)c(Cl)c1. The molecule has 34 heavy (non-hydrogen) atoms. The van der Waals surface area contributed by atoms with Gasteiger partial charge in [0.1, 0.15) is 18.2 Å². The second-order valence-corrected chi connectivity index (χ2v) is 8.59. The normalized spacial score (nSPS) is 15.6. The maximum Gasteiger partial charge on any atom is 0.232 e. The highest BCUT2D eigenvalue weighted by molar-refractivity contribution is 6.30. The quantitative estimate of drug-likeness (QED) is 0.345. The Balaban J connectivity index is 1.21. The molecule has 0 spiro atoms. The van der Waals surface area contributed by atoms with Gasteiger partial charge in [-0.1, -0.05) is 53.2 Å². The van der Waals surface area contributed by atoms with Crippen LogP contribution in [-0.4, -0.2) is 27.5 Å². The van der Waals surface area contributed by atoms with Gasteiger partial charge in [-0.15, -0.1) is 0 Å². The van der Waals surface area contributed by atoms with Crippen LogP contribution in [0.25, 0.3) is 11.4 Å². The van der Waals surface area contributed by atoms with E-state index >= 15 is 0 Å². The molecule has 4 aromatic rings. The molecule has 1 aliphatic heterocycles. The van der Waals surface area contributed by atoms with E-state index in [-0.39, 0.29) is 23.3 Å². The first-order chi connectivity index (χ1) is 16.5. The van der Waals surface area contributed by atoms with Gasteiger partial charge in [-0.2, -0.15) is 4.98 Å². The molecule has 0 radical (unpaired) electrons. The summed E-state index contributed by atoms with van der Waals surface area (Å²) in [5.41, 5.74) is 2.66. The first-order valence-corrected chi connectivity index (χ1v) is 11.3. The van der Waals surface area contributed by atoms with Crippen molar-refractivity contribution in [1.82, 2.24) is 15.0 Å². The summed E-state index contributed by atoms with van der Waals surface area (Å²) in [6.07, 6.45) is 0.281. The molecule has 0 aliphatic carbocycles. The highest BCUT2D eigenvalue weighted by Crippen LogP contribution is 2.30. The third kappa shape index (κ3) is 4.94. The maximum absolute atomic E-state index is 13.4. The van der Waals surface area contributed by atoms with Crippen LogP contribution < -0.4 is 4.74 Å². The van der Waals surface area contributed by atoms with Gasteiger partial charge >= 0.3 is 0 Å². The Labute approximate surface area is 200 Å². The van der Waals surface area contributed by atoms with Crippen molar-refractivity contribution in [2.24, 2.45) is 0 Å². The summed E-state index contributed by atoms with van der Waals surface area (Å²) in [6, 6.07) is 21.9. The number of halogens is 2. The second kappa shape index (κ2) is 9.65. The van der Waals surface area contributed by atoms with Gasteiger partial charge in [0.15, 0.2) is 0 Å². The Morgan fingerprint density at radius 2 is 1.85 bits per heavy atom. The molecule has 0 saturated carbocycles. The number of likely N-dealkylation sites (tertiary alicyclic amines) is 1. The predicted octanol–water partition coefficient (Wildman–Crippen LogP) is 5.62. The molecular formula is C26H21ClFN3O3. The first kappa shape index (κ1) is 22.1. The molecule has 1 aliphatic rings. The molecule has 0 bridgehead atoms. The molecular weight excluding hydrogens is 457 g/mol. The number of nitrogens with zero attached hydrogens (tertiary/aromatic N) is 3.